The zero-order chi connectivity index (χ0) is 33.4. The molecule has 0 heterocycles. The second-order valence-electron chi connectivity index (χ2n) is 15.9. The van der Waals surface area contributed by atoms with Gasteiger partial charge in [0.15, 0.2) is 11.6 Å². The van der Waals surface area contributed by atoms with E-state index in [1.165, 1.54) is 24.3 Å². The van der Waals surface area contributed by atoms with Crippen molar-refractivity contribution in [1.29, 1.82) is 5.26 Å². The predicted molar refractivity (Wildman–Crippen MR) is 169 cm³/mol. The summed E-state index contributed by atoms with van der Waals surface area (Å²) in [7, 11) is 0. The van der Waals surface area contributed by atoms with Crippen LogP contribution in [-0.4, -0.2) is 23.0 Å². The van der Waals surface area contributed by atoms with E-state index in [2.05, 4.69) is 39.1 Å². The second-order valence-corrected chi connectivity index (χ2v) is 15.9. The second kappa shape index (κ2) is 10.8. The van der Waals surface area contributed by atoms with Crippen LogP contribution in [0.25, 0.3) is 6.08 Å². The summed E-state index contributed by atoms with van der Waals surface area (Å²) in [4.78, 5) is 40.8. The minimum Gasteiger partial charge on any atom is -0.347 e. The topological polar surface area (TPSA) is 87.0 Å². The number of halogens is 3. The molecule has 8 unspecified atom stereocenters. The summed E-state index contributed by atoms with van der Waals surface area (Å²) in [6.07, 6.45) is 7.86. The number of hydrogen-bond donors (Lipinski definition) is 1. The van der Waals surface area contributed by atoms with Crippen molar-refractivity contribution in [2.45, 2.75) is 91.3 Å². The molecule has 5 nitrogen and oxygen atoms in total. The number of fused-ring (bicyclic) bond motifs is 7. The number of alkyl halides is 3. The molecule has 0 aromatic heterocycles. The normalized spacial score (nSPS) is 38.4. The third-order valence-corrected chi connectivity index (χ3v) is 12.8. The minimum absolute atomic E-state index is 0.00470. The quantitative estimate of drug-likeness (QED) is 0.342. The molecule has 1 amide bonds. The highest BCUT2D eigenvalue weighted by atomic mass is 19.4. The highest BCUT2D eigenvalue weighted by Gasteiger charge is 2.64. The van der Waals surface area contributed by atoms with Crippen molar-refractivity contribution >= 4 is 23.5 Å². The van der Waals surface area contributed by atoms with Gasteiger partial charge in [0.05, 0.1) is 11.1 Å². The maximum absolute atomic E-state index is 14.4. The molecule has 0 aliphatic heterocycles. The van der Waals surface area contributed by atoms with Gasteiger partial charge >= 0.3 is 6.18 Å². The number of nitrogens with zero attached hydrogens (tertiary/aromatic N) is 1. The summed E-state index contributed by atoms with van der Waals surface area (Å²) in [5, 5.41) is 13.1. The molecule has 0 radical (unpaired) electrons. The first kappa shape index (κ1) is 32.5. The zero-order valence-electron chi connectivity index (χ0n) is 27.3. The standard InChI is InChI=1S/C38H43F3N2O3/c1-22-26-12-14-35(4)27-13-15-37(43-31(45)11-8-23-6-9-25(10-7-23)38(39,40)41)17-16-34(2,3)20-28(37)32(27)29(44)18-30(35)36(26,5)19-24(21-42)33(22)46/h6-11,18-19,22,26-28,32H,12-17,20H2,1-5H3,(H,43,45)/b11-8+. The van der Waals surface area contributed by atoms with Crippen LogP contribution in [0.3, 0.4) is 0 Å². The summed E-state index contributed by atoms with van der Waals surface area (Å²) in [6.45, 7) is 10.8. The minimum atomic E-state index is -4.42. The molecule has 3 saturated carbocycles. The van der Waals surface area contributed by atoms with Gasteiger partial charge in [-0.1, -0.05) is 58.4 Å². The molecule has 8 heteroatoms. The first-order valence-electron chi connectivity index (χ1n) is 16.6. The molecule has 244 valence electrons. The number of carbonyl (C=O) groups is 3. The Labute approximate surface area is 269 Å². The monoisotopic (exact) mass is 632 g/mol. The summed E-state index contributed by atoms with van der Waals surface area (Å²) in [5.74, 6) is -0.833. The molecular formula is C38H43F3N2O3. The van der Waals surface area contributed by atoms with E-state index in [1.54, 1.807) is 0 Å². The molecule has 8 atom stereocenters. The van der Waals surface area contributed by atoms with Crippen molar-refractivity contribution < 1.29 is 27.6 Å². The Morgan fingerprint density at radius 3 is 2.30 bits per heavy atom. The molecule has 6 rings (SSSR count). The van der Waals surface area contributed by atoms with Crippen molar-refractivity contribution in [3.63, 3.8) is 0 Å². The van der Waals surface area contributed by atoms with Crippen LogP contribution >= 0.6 is 0 Å². The fourth-order valence-corrected chi connectivity index (χ4v) is 10.4. The van der Waals surface area contributed by atoms with Gasteiger partial charge in [-0.25, -0.2) is 0 Å². The SMILES string of the molecule is CC1C(=O)C(C#N)=CC2(C)C3=CC(=O)C4C5CC(C)(C)CCC5(NC(=O)/C=C/c5ccc(C(F)(F)F)cc5)CCC4C3(C)CCC12. The molecule has 1 N–H and O–H groups in total. The van der Waals surface area contributed by atoms with E-state index in [0.717, 1.165) is 62.7 Å². The Morgan fingerprint density at radius 2 is 1.65 bits per heavy atom. The number of nitriles is 1. The predicted octanol–water partition coefficient (Wildman–Crippen LogP) is 8.03. The molecule has 5 aliphatic carbocycles. The number of allylic oxidation sites excluding steroid dienone is 4. The highest BCUT2D eigenvalue weighted by Crippen LogP contribution is 2.68. The maximum Gasteiger partial charge on any atom is 0.416 e. The first-order chi connectivity index (χ1) is 21.4. The molecule has 1 aromatic rings. The van der Waals surface area contributed by atoms with Crippen LogP contribution < -0.4 is 5.32 Å². The van der Waals surface area contributed by atoms with Gasteiger partial charge in [-0.05, 0) is 103 Å². The van der Waals surface area contributed by atoms with E-state index >= 15 is 0 Å². The smallest absolute Gasteiger partial charge is 0.347 e. The highest BCUT2D eigenvalue weighted by molar-refractivity contribution is 6.02. The van der Waals surface area contributed by atoms with Crippen LogP contribution in [0.2, 0.25) is 0 Å². The number of benzene rings is 1. The van der Waals surface area contributed by atoms with Crippen LogP contribution in [0.4, 0.5) is 13.2 Å². The van der Waals surface area contributed by atoms with Gasteiger partial charge in [0, 0.05) is 28.9 Å². The lowest BCUT2D eigenvalue weighted by Crippen LogP contribution is -2.66. The molecule has 0 bridgehead atoms. The van der Waals surface area contributed by atoms with Crippen molar-refractivity contribution in [3.05, 3.63) is 64.8 Å². The summed E-state index contributed by atoms with van der Waals surface area (Å²) < 4.78 is 39.0. The Kier molecular flexibility index (Phi) is 7.61. The molecule has 0 saturated heterocycles. The Hall–Kier alpha value is -3.47. The van der Waals surface area contributed by atoms with Crippen molar-refractivity contribution in [2.75, 3.05) is 0 Å². The molecule has 0 spiro atoms. The van der Waals surface area contributed by atoms with E-state index in [-0.39, 0.29) is 63.5 Å². The van der Waals surface area contributed by atoms with Gasteiger partial charge in [-0.2, -0.15) is 18.4 Å². The number of nitrogens with one attached hydrogen (secondary N) is 1. The van der Waals surface area contributed by atoms with Crippen LogP contribution in [0.1, 0.15) is 90.7 Å². The van der Waals surface area contributed by atoms with Crippen LogP contribution in [-0.2, 0) is 20.6 Å². The Balaban J connectivity index is 1.32. The van der Waals surface area contributed by atoms with Gasteiger partial charge in [-0.15, -0.1) is 0 Å². The van der Waals surface area contributed by atoms with Crippen LogP contribution in [0, 0.1) is 57.2 Å². The molecule has 1 aromatic carbocycles. The zero-order valence-corrected chi connectivity index (χ0v) is 27.3. The van der Waals surface area contributed by atoms with Crippen molar-refractivity contribution in [1.82, 2.24) is 5.32 Å². The number of carbonyl (C=O) groups excluding carboxylic acids is 3. The van der Waals surface area contributed by atoms with Gasteiger partial charge in [0.2, 0.25) is 5.91 Å². The van der Waals surface area contributed by atoms with E-state index in [9.17, 15) is 32.8 Å². The van der Waals surface area contributed by atoms with Gasteiger partial charge in [0.25, 0.3) is 0 Å². The van der Waals surface area contributed by atoms with E-state index < -0.39 is 22.7 Å². The number of amides is 1. The van der Waals surface area contributed by atoms with Crippen LogP contribution in [0.5, 0.6) is 0 Å². The molecule has 3 fully saturated rings. The van der Waals surface area contributed by atoms with E-state index in [4.69, 9.17) is 0 Å². The van der Waals surface area contributed by atoms with Crippen molar-refractivity contribution in [3.8, 4) is 6.07 Å². The van der Waals surface area contributed by atoms with E-state index in [1.807, 2.05) is 19.1 Å². The fourth-order valence-electron chi connectivity index (χ4n) is 10.4. The summed E-state index contributed by atoms with van der Waals surface area (Å²) in [6, 6.07) is 6.83. The average molecular weight is 633 g/mol. The van der Waals surface area contributed by atoms with E-state index in [0.29, 0.717) is 5.56 Å². The summed E-state index contributed by atoms with van der Waals surface area (Å²) in [5.41, 5.74) is -0.391. The molecule has 46 heavy (non-hydrogen) atoms. The first-order valence-corrected chi connectivity index (χ1v) is 16.6. The van der Waals surface area contributed by atoms with Crippen molar-refractivity contribution in [2.24, 2.45) is 45.8 Å². The molecular weight excluding hydrogens is 589 g/mol. The lowest BCUT2D eigenvalue weighted by molar-refractivity contribution is -0.143. The lowest BCUT2D eigenvalue weighted by Gasteiger charge is -2.64. The van der Waals surface area contributed by atoms with Gasteiger partial charge in [-0.3, -0.25) is 14.4 Å². The number of ketones is 2. The fraction of sp³-hybridized carbons (Fsp3) is 0.579. The Bertz CT molecular complexity index is 1610. The Morgan fingerprint density at radius 1 is 0.978 bits per heavy atom. The largest absolute Gasteiger partial charge is 0.416 e. The number of rotatable bonds is 3. The number of Topliss-reactive ketones (excluding diaryl/α,β-unsaturated/α-hetero) is 1. The van der Waals surface area contributed by atoms with Gasteiger partial charge < -0.3 is 5.32 Å². The maximum atomic E-state index is 14.4. The number of hydrogen-bond acceptors (Lipinski definition) is 4. The average Bonchev–Trinajstić information content (AvgIpc) is 2.99. The third kappa shape index (κ3) is 5.09. The molecule has 5 aliphatic rings. The summed E-state index contributed by atoms with van der Waals surface area (Å²) >= 11 is 0. The van der Waals surface area contributed by atoms with Gasteiger partial charge in [0.1, 0.15) is 6.07 Å². The van der Waals surface area contributed by atoms with Crippen LogP contribution in [0.15, 0.2) is 53.6 Å². The lowest BCUT2D eigenvalue weighted by atomic mass is 9.40. The third-order valence-electron chi connectivity index (χ3n) is 12.8.